The van der Waals surface area contributed by atoms with Crippen molar-refractivity contribution in [1.29, 1.82) is 0 Å². The third-order valence-corrected chi connectivity index (χ3v) is 10.0. The summed E-state index contributed by atoms with van der Waals surface area (Å²) in [4.78, 5) is 30.2. The summed E-state index contributed by atoms with van der Waals surface area (Å²) in [5.74, 6) is 1.07. The molecule has 2 aliphatic heterocycles. The lowest BCUT2D eigenvalue weighted by Crippen LogP contribution is -2.68. The second kappa shape index (κ2) is 9.70. The Morgan fingerprint density at radius 2 is 2.00 bits per heavy atom. The summed E-state index contributed by atoms with van der Waals surface area (Å²) in [6, 6.07) is 9.57. The highest BCUT2D eigenvalue weighted by molar-refractivity contribution is 6.42. The van der Waals surface area contributed by atoms with Crippen molar-refractivity contribution in [2.24, 2.45) is 5.92 Å². The summed E-state index contributed by atoms with van der Waals surface area (Å²) in [6.07, 6.45) is 3.78. The minimum atomic E-state index is -0.459. The van der Waals surface area contributed by atoms with E-state index in [1.54, 1.807) is 12.1 Å². The number of likely N-dealkylation sites (N-methyl/N-ethyl adjacent to an activating group) is 2. The van der Waals surface area contributed by atoms with E-state index in [-0.39, 0.29) is 36.5 Å². The molecule has 9 heteroatoms. The zero-order chi connectivity index (χ0) is 26.8. The number of carbonyl (C=O) groups excluding carboxylic acids is 2. The molecule has 2 unspecified atom stereocenters. The summed E-state index contributed by atoms with van der Waals surface area (Å²) in [7, 11) is 5.56. The molecule has 2 fully saturated rings. The maximum absolute atomic E-state index is 13.5. The van der Waals surface area contributed by atoms with Gasteiger partial charge in [-0.15, -0.1) is 0 Å². The minimum Gasteiger partial charge on any atom is -0.483 e. The van der Waals surface area contributed by atoms with Crippen LogP contribution in [0, 0.1) is 5.92 Å². The molecule has 0 radical (unpaired) electrons. The molecular formula is C29H32Cl2N2O5. The highest BCUT2D eigenvalue weighted by Gasteiger charge is 2.66. The van der Waals surface area contributed by atoms with Gasteiger partial charge in [-0.05, 0) is 74.5 Å². The first-order chi connectivity index (χ1) is 18.2. The number of hydrogen-bond donors (Lipinski definition) is 0. The molecule has 0 aromatic heterocycles. The highest BCUT2D eigenvalue weighted by atomic mass is 35.5. The quantitative estimate of drug-likeness (QED) is 0.389. The van der Waals surface area contributed by atoms with Crippen LogP contribution in [0.4, 0.5) is 0 Å². The molecule has 2 bridgehead atoms. The van der Waals surface area contributed by atoms with Gasteiger partial charge < -0.3 is 24.0 Å². The average Bonchev–Trinajstić information content (AvgIpc) is 3.24. The number of amides is 1. The third kappa shape index (κ3) is 3.93. The largest absolute Gasteiger partial charge is 0.483 e. The topological polar surface area (TPSA) is 68.3 Å². The van der Waals surface area contributed by atoms with Gasteiger partial charge in [0.25, 0.3) is 0 Å². The summed E-state index contributed by atoms with van der Waals surface area (Å²) in [6.45, 7) is 0.830. The molecule has 5 atom stereocenters. The number of esters is 1. The van der Waals surface area contributed by atoms with Crippen molar-refractivity contribution in [3.63, 3.8) is 0 Å². The Morgan fingerprint density at radius 3 is 2.76 bits per heavy atom. The fourth-order valence-corrected chi connectivity index (χ4v) is 7.90. The fraction of sp³-hybridized carbons (Fsp3) is 0.517. The molecule has 2 aromatic rings. The van der Waals surface area contributed by atoms with E-state index >= 15 is 0 Å². The lowest BCUT2D eigenvalue weighted by molar-refractivity contribution is -0.139. The fourth-order valence-electron chi connectivity index (χ4n) is 7.58. The smallest absolute Gasteiger partial charge is 0.337 e. The Hall–Kier alpha value is -2.32. The molecular weight excluding hydrogens is 527 g/mol. The Bertz CT molecular complexity index is 1300. The number of likely N-dealkylation sites (tertiary alicyclic amines) is 1. The Kier molecular flexibility index (Phi) is 6.62. The predicted octanol–water partition coefficient (Wildman–Crippen LogP) is 4.28. The van der Waals surface area contributed by atoms with Crippen LogP contribution in [0.1, 0.15) is 36.0 Å². The molecule has 1 saturated heterocycles. The Balaban J connectivity index is 1.36. The number of ether oxygens (including phenoxy) is 3. The van der Waals surface area contributed by atoms with E-state index in [1.807, 2.05) is 24.1 Å². The van der Waals surface area contributed by atoms with Crippen LogP contribution in [0.5, 0.6) is 11.5 Å². The van der Waals surface area contributed by atoms with E-state index in [0.29, 0.717) is 33.5 Å². The minimum absolute atomic E-state index is 0.00931. The molecule has 0 N–H and O–H groups in total. The average molecular weight is 559 g/mol. The molecule has 1 amide bonds. The second-order valence-electron chi connectivity index (χ2n) is 11.1. The van der Waals surface area contributed by atoms with Gasteiger partial charge in [-0.3, -0.25) is 4.79 Å². The van der Waals surface area contributed by atoms with Crippen LogP contribution in [0.15, 0.2) is 30.3 Å². The van der Waals surface area contributed by atoms with E-state index < -0.39 is 5.97 Å². The molecule has 2 aliphatic carbocycles. The van der Waals surface area contributed by atoms with Gasteiger partial charge in [-0.25, -0.2) is 4.79 Å². The second-order valence-corrected chi connectivity index (χ2v) is 11.9. The lowest BCUT2D eigenvalue weighted by Gasteiger charge is -2.59. The van der Waals surface area contributed by atoms with Crippen LogP contribution in [0.25, 0.3) is 0 Å². The maximum Gasteiger partial charge on any atom is 0.337 e. The van der Waals surface area contributed by atoms with Gasteiger partial charge in [-0.2, -0.15) is 0 Å². The van der Waals surface area contributed by atoms with Gasteiger partial charge in [0.05, 0.1) is 22.5 Å². The van der Waals surface area contributed by atoms with E-state index in [4.69, 9.17) is 37.4 Å². The third-order valence-electron chi connectivity index (χ3n) is 9.26. The van der Waals surface area contributed by atoms with Crippen LogP contribution in [0.2, 0.25) is 10.0 Å². The number of hydrogen-bond acceptors (Lipinski definition) is 6. The van der Waals surface area contributed by atoms with Crippen LogP contribution in [0.3, 0.4) is 0 Å². The van der Waals surface area contributed by atoms with Crippen molar-refractivity contribution in [1.82, 2.24) is 9.80 Å². The van der Waals surface area contributed by atoms with Crippen molar-refractivity contribution < 1.29 is 23.8 Å². The van der Waals surface area contributed by atoms with Crippen molar-refractivity contribution in [2.75, 3.05) is 34.4 Å². The molecule has 7 nitrogen and oxygen atoms in total. The van der Waals surface area contributed by atoms with Crippen LogP contribution < -0.4 is 9.47 Å². The van der Waals surface area contributed by atoms with Crippen molar-refractivity contribution in [2.45, 2.75) is 55.7 Å². The van der Waals surface area contributed by atoms with Gasteiger partial charge in [0.15, 0.2) is 11.5 Å². The molecule has 38 heavy (non-hydrogen) atoms. The van der Waals surface area contributed by atoms with Crippen molar-refractivity contribution in [3.05, 3.63) is 57.1 Å². The number of rotatable bonds is 6. The number of nitrogens with zero attached hydrogens (tertiary/aromatic N) is 2. The van der Waals surface area contributed by atoms with Crippen molar-refractivity contribution >= 4 is 35.1 Å². The first kappa shape index (κ1) is 25.9. The van der Waals surface area contributed by atoms with Gasteiger partial charge in [0.2, 0.25) is 5.91 Å². The van der Waals surface area contributed by atoms with E-state index in [0.717, 1.165) is 37.8 Å². The molecule has 1 spiro atoms. The first-order valence-electron chi connectivity index (χ1n) is 13.2. The van der Waals surface area contributed by atoms with E-state index in [9.17, 15) is 9.59 Å². The van der Waals surface area contributed by atoms with Gasteiger partial charge >= 0.3 is 5.97 Å². The summed E-state index contributed by atoms with van der Waals surface area (Å²) in [5, 5.41) is 0.911. The number of methoxy groups -OCH3 is 1. The normalized spacial score (nSPS) is 28.9. The monoisotopic (exact) mass is 558 g/mol. The van der Waals surface area contributed by atoms with Crippen LogP contribution in [-0.2, 0) is 32.6 Å². The molecule has 202 valence electrons. The molecule has 6 rings (SSSR count). The molecule has 1 saturated carbocycles. The SMILES string of the molecule is COCC(=O)Oc1ccc2c3c1OC1C(N(C)C(=O)Cc4ccc(Cl)c(Cl)c4)CC[C@H]4[C@@H](C2)N(C)CC[C@]314. The van der Waals surface area contributed by atoms with E-state index in [1.165, 1.54) is 18.2 Å². The molecule has 2 heterocycles. The predicted molar refractivity (Wildman–Crippen MR) is 144 cm³/mol. The summed E-state index contributed by atoms with van der Waals surface area (Å²) < 4.78 is 17.5. The number of benzene rings is 2. The standard InChI is InChI=1S/C29H32Cl2N2O5/c1-32-11-10-29-18-6-8-21(33(2)24(34)13-16-4-7-19(30)20(31)12-16)28(29)38-27-23(37-25(35)15-36-3)9-5-17(26(27)29)14-22(18)32/h4-5,7,9,12,18,21-22,28H,6,8,10-11,13-15H2,1-3H3/t18-,21?,22+,28?,29-/m0/s1. The molecule has 4 aliphatic rings. The Morgan fingerprint density at radius 1 is 1.18 bits per heavy atom. The first-order valence-corrected chi connectivity index (χ1v) is 13.9. The number of piperidine rings is 1. The van der Waals surface area contributed by atoms with Gasteiger partial charge in [0.1, 0.15) is 12.7 Å². The van der Waals surface area contributed by atoms with Gasteiger partial charge in [0, 0.05) is 31.2 Å². The van der Waals surface area contributed by atoms with Crippen LogP contribution >= 0.6 is 23.2 Å². The lowest BCUT2D eigenvalue weighted by atomic mass is 9.51. The molecule has 2 aromatic carbocycles. The Labute approximate surface area is 232 Å². The maximum atomic E-state index is 13.5. The van der Waals surface area contributed by atoms with E-state index in [2.05, 4.69) is 18.0 Å². The number of halogens is 2. The van der Waals surface area contributed by atoms with Gasteiger partial charge in [-0.1, -0.05) is 35.3 Å². The number of carbonyl (C=O) groups is 2. The summed E-state index contributed by atoms with van der Waals surface area (Å²) >= 11 is 12.3. The van der Waals surface area contributed by atoms with Crippen LogP contribution in [-0.4, -0.2) is 74.2 Å². The highest BCUT2D eigenvalue weighted by Crippen LogP contribution is 2.64. The zero-order valence-corrected chi connectivity index (χ0v) is 23.3. The zero-order valence-electron chi connectivity index (χ0n) is 21.8. The van der Waals surface area contributed by atoms with Crippen molar-refractivity contribution in [3.8, 4) is 11.5 Å². The summed E-state index contributed by atoms with van der Waals surface area (Å²) in [5.41, 5.74) is 3.05.